The number of benzene rings is 1. The average molecular weight is 471 g/mol. The number of halogens is 1. The molecule has 0 radical (unpaired) electrons. The molecular formula is C22H31ClN2O5S. The summed E-state index contributed by atoms with van der Waals surface area (Å²) in [6.45, 7) is 3.75. The zero-order chi connectivity index (χ0) is 22.4. The van der Waals surface area contributed by atoms with Crippen LogP contribution in [0, 0.1) is 5.92 Å². The van der Waals surface area contributed by atoms with Crippen molar-refractivity contribution in [1.82, 2.24) is 9.21 Å². The monoisotopic (exact) mass is 470 g/mol. The molecule has 2 fully saturated rings. The van der Waals surface area contributed by atoms with E-state index in [1.165, 1.54) is 16.4 Å². The molecule has 0 bridgehead atoms. The van der Waals surface area contributed by atoms with Gasteiger partial charge in [-0.3, -0.25) is 9.59 Å². The Morgan fingerprint density at radius 3 is 2.45 bits per heavy atom. The maximum absolute atomic E-state index is 13.2. The fraction of sp³-hybridized carbons (Fsp3) is 0.636. The molecule has 7 nitrogen and oxygen atoms in total. The lowest BCUT2D eigenvalue weighted by atomic mass is 10.2. The molecule has 31 heavy (non-hydrogen) atoms. The van der Waals surface area contributed by atoms with Crippen molar-refractivity contribution in [1.29, 1.82) is 0 Å². The van der Waals surface area contributed by atoms with Gasteiger partial charge in [-0.25, -0.2) is 8.42 Å². The number of hydrogen-bond acceptors (Lipinski definition) is 5. The van der Waals surface area contributed by atoms with Crippen LogP contribution in [0.2, 0.25) is 5.02 Å². The van der Waals surface area contributed by atoms with E-state index in [1.54, 1.807) is 17.9 Å². The smallest absolute Gasteiger partial charge is 0.307 e. The third-order valence-electron chi connectivity index (χ3n) is 5.71. The van der Waals surface area contributed by atoms with Gasteiger partial charge in [0.15, 0.2) is 0 Å². The first-order chi connectivity index (χ1) is 14.8. The minimum absolute atomic E-state index is 0.0290. The van der Waals surface area contributed by atoms with E-state index < -0.39 is 10.0 Å². The molecule has 0 unspecified atom stereocenters. The summed E-state index contributed by atoms with van der Waals surface area (Å²) in [5.41, 5.74) is 0.266. The van der Waals surface area contributed by atoms with Gasteiger partial charge < -0.3 is 9.64 Å². The molecule has 1 saturated heterocycles. The van der Waals surface area contributed by atoms with Crippen LogP contribution in [-0.2, 0) is 19.6 Å². The van der Waals surface area contributed by atoms with Gasteiger partial charge in [0.2, 0.25) is 10.0 Å². The quantitative estimate of drug-likeness (QED) is 0.513. The van der Waals surface area contributed by atoms with Gasteiger partial charge in [-0.15, -0.1) is 0 Å². The number of nitrogens with zero attached hydrogens (tertiary/aromatic N) is 2. The standard InChI is InChI=1S/C22H31ClN2O5S/c1-2-30-21(26)11-14-24(16-17-7-8-17)22(27)18-9-10-19(23)20(15-18)31(28,29)25-12-5-3-4-6-13-25/h9-10,15,17H,2-8,11-14,16H2,1H3. The SMILES string of the molecule is CCOC(=O)CCN(CC1CC1)C(=O)c1ccc(Cl)c(S(=O)(=O)N2CCCCCC2)c1. The summed E-state index contributed by atoms with van der Waals surface area (Å²) in [4.78, 5) is 26.6. The van der Waals surface area contributed by atoms with Gasteiger partial charge in [-0.2, -0.15) is 4.31 Å². The van der Waals surface area contributed by atoms with Crippen LogP contribution >= 0.6 is 11.6 Å². The van der Waals surface area contributed by atoms with E-state index in [0.717, 1.165) is 38.5 Å². The van der Waals surface area contributed by atoms with Crippen LogP contribution in [-0.4, -0.2) is 62.3 Å². The molecule has 3 rings (SSSR count). The fourth-order valence-corrected chi connectivity index (χ4v) is 5.80. The Morgan fingerprint density at radius 2 is 1.84 bits per heavy atom. The predicted molar refractivity (Wildman–Crippen MR) is 119 cm³/mol. The summed E-state index contributed by atoms with van der Waals surface area (Å²) < 4.78 is 32.9. The number of rotatable bonds is 9. The summed E-state index contributed by atoms with van der Waals surface area (Å²) in [6, 6.07) is 4.41. The molecule has 1 heterocycles. The van der Waals surface area contributed by atoms with Gasteiger partial charge in [0.25, 0.3) is 5.91 Å². The molecule has 9 heteroatoms. The Balaban J connectivity index is 1.81. The van der Waals surface area contributed by atoms with E-state index in [-0.39, 0.29) is 40.3 Å². The molecular weight excluding hydrogens is 440 g/mol. The number of hydrogen-bond donors (Lipinski definition) is 0. The third-order valence-corrected chi connectivity index (χ3v) is 8.10. The van der Waals surface area contributed by atoms with Crippen molar-refractivity contribution in [3.8, 4) is 0 Å². The Morgan fingerprint density at radius 1 is 1.16 bits per heavy atom. The average Bonchev–Trinajstić information content (AvgIpc) is 3.58. The van der Waals surface area contributed by atoms with Gasteiger partial charge in [0, 0.05) is 31.7 Å². The number of sulfonamides is 1. The zero-order valence-corrected chi connectivity index (χ0v) is 19.6. The highest BCUT2D eigenvalue weighted by Crippen LogP contribution is 2.31. The molecule has 0 atom stereocenters. The lowest BCUT2D eigenvalue weighted by Crippen LogP contribution is -2.35. The van der Waals surface area contributed by atoms with Crippen LogP contribution in [0.25, 0.3) is 0 Å². The lowest BCUT2D eigenvalue weighted by molar-refractivity contribution is -0.143. The zero-order valence-electron chi connectivity index (χ0n) is 18.0. The van der Waals surface area contributed by atoms with Crippen LogP contribution in [0.15, 0.2) is 23.1 Å². The highest BCUT2D eigenvalue weighted by atomic mass is 35.5. The number of carbonyl (C=O) groups excluding carboxylic acids is 2. The predicted octanol–water partition coefficient (Wildman–Crippen LogP) is 3.71. The van der Waals surface area contributed by atoms with Crippen LogP contribution in [0.3, 0.4) is 0 Å². The van der Waals surface area contributed by atoms with Crippen LogP contribution in [0.4, 0.5) is 0 Å². The van der Waals surface area contributed by atoms with Gasteiger partial charge in [0.1, 0.15) is 4.90 Å². The van der Waals surface area contributed by atoms with E-state index in [0.29, 0.717) is 32.2 Å². The van der Waals surface area contributed by atoms with Crippen molar-refractivity contribution in [2.45, 2.75) is 56.8 Å². The Kier molecular flexibility index (Phi) is 8.36. The molecule has 1 aliphatic carbocycles. The number of ether oxygens (including phenoxy) is 1. The van der Waals surface area contributed by atoms with Crippen LogP contribution < -0.4 is 0 Å². The van der Waals surface area contributed by atoms with Crippen molar-refractivity contribution >= 4 is 33.5 Å². The third kappa shape index (κ3) is 6.43. The van der Waals surface area contributed by atoms with Crippen molar-refractivity contribution in [2.24, 2.45) is 5.92 Å². The van der Waals surface area contributed by atoms with E-state index >= 15 is 0 Å². The highest BCUT2D eigenvalue weighted by Gasteiger charge is 2.31. The normalized spacial score (nSPS) is 17.7. The Bertz CT molecular complexity index is 893. The summed E-state index contributed by atoms with van der Waals surface area (Å²) in [5, 5.41) is 0.112. The second-order valence-electron chi connectivity index (χ2n) is 8.21. The minimum Gasteiger partial charge on any atom is -0.466 e. The first-order valence-electron chi connectivity index (χ1n) is 11.1. The van der Waals surface area contributed by atoms with Crippen LogP contribution in [0.1, 0.15) is 62.2 Å². The van der Waals surface area contributed by atoms with Crippen molar-refractivity contribution in [3.63, 3.8) is 0 Å². The molecule has 1 aromatic carbocycles. The topological polar surface area (TPSA) is 84.0 Å². The number of carbonyl (C=O) groups is 2. The van der Waals surface area contributed by atoms with Crippen molar-refractivity contribution < 1.29 is 22.7 Å². The van der Waals surface area contributed by atoms with E-state index in [4.69, 9.17) is 16.3 Å². The largest absolute Gasteiger partial charge is 0.466 e. The molecule has 1 aromatic rings. The molecule has 0 aromatic heterocycles. The number of esters is 1. The molecule has 0 N–H and O–H groups in total. The highest BCUT2D eigenvalue weighted by molar-refractivity contribution is 7.89. The second-order valence-corrected chi connectivity index (χ2v) is 10.5. The maximum Gasteiger partial charge on any atom is 0.307 e. The first-order valence-corrected chi connectivity index (χ1v) is 12.9. The van der Waals surface area contributed by atoms with Gasteiger partial charge in [-0.05, 0) is 56.7 Å². The summed E-state index contributed by atoms with van der Waals surface area (Å²) in [7, 11) is -3.79. The molecule has 172 valence electrons. The van der Waals surface area contributed by atoms with Gasteiger partial charge in [0.05, 0.1) is 18.1 Å². The Hall–Kier alpha value is -1.64. The summed E-state index contributed by atoms with van der Waals surface area (Å²) in [5.74, 6) is -0.212. The molecule has 1 saturated carbocycles. The molecule has 1 amide bonds. The van der Waals surface area contributed by atoms with E-state index in [2.05, 4.69) is 0 Å². The van der Waals surface area contributed by atoms with Crippen molar-refractivity contribution in [2.75, 3.05) is 32.8 Å². The van der Waals surface area contributed by atoms with Gasteiger partial charge in [-0.1, -0.05) is 24.4 Å². The first kappa shape index (κ1) is 24.0. The molecule has 1 aliphatic heterocycles. The number of amides is 1. The Labute approximate surface area is 189 Å². The molecule has 2 aliphatic rings. The second kappa shape index (κ2) is 10.8. The summed E-state index contributed by atoms with van der Waals surface area (Å²) >= 11 is 6.26. The molecule has 0 spiro atoms. The lowest BCUT2D eigenvalue weighted by Gasteiger charge is -2.24. The minimum atomic E-state index is -3.79. The van der Waals surface area contributed by atoms with Crippen LogP contribution in [0.5, 0.6) is 0 Å². The maximum atomic E-state index is 13.2. The van der Waals surface area contributed by atoms with E-state index in [1.807, 2.05) is 0 Å². The summed E-state index contributed by atoms with van der Waals surface area (Å²) in [6.07, 6.45) is 5.87. The van der Waals surface area contributed by atoms with Crippen molar-refractivity contribution in [3.05, 3.63) is 28.8 Å². The van der Waals surface area contributed by atoms with E-state index in [9.17, 15) is 18.0 Å². The van der Waals surface area contributed by atoms with Gasteiger partial charge >= 0.3 is 5.97 Å². The fourth-order valence-electron chi connectivity index (χ4n) is 3.79.